The highest BCUT2D eigenvalue weighted by Gasteiger charge is 2.06. The number of nitrogens with zero attached hydrogens (tertiary/aromatic N) is 2. The number of rotatable bonds is 6. The fraction of sp³-hybridized carbons (Fsp3) is 0.353. The van der Waals surface area contributed by atoms with Gasteiger partial charge in [-0.1, -0.05) is 12.1 Å². The standard InChI is InChI=1S/C17H23N5O2/c1-4-19-17(21-10-15-22-11(2)12(3)24-15)20-9-13-5-7-14(8-6-13)16(18)23/h5-8H,4,9-10H2,1-3H3,(H2,18,23)(H2,19,20,21). The Balaban J connectivity index is 1.97. The third-order valence-corrected chi connectivity index (χ3v) is 3.48. The second-order valence-corrected chi connectivity index (χ2v) is 5.36. The predicted molar refractivity (Wildman–Crippen MR) is 92.6 cm³/mol. The number of benzene rings is 1. The highest BCUT2D eigenvalue weighted by molar-refractivity contribution is 5.92. The average Bonchev–Trinajstić information content (AvgIpc) is 2.88. The monoisotopic (exact) mass is 329 g/mol. The number of carbonyl (C=O) groups excluding carboxylic acids is 1. The lowest BCUT2D eigenvalue weighted by atomic mass is 10.1. The fourth-order valence-corrected chi connectivity index (χ4v) is 2.06. The number of nitrogens with one attached hydrogen (secondary N) is 2. The Morgan fingerprint density at radius 1 is 1.25 bits per heavy atom. The molecule has 1 heterocycles. The van der Waals surface area contributed by atoms with Gasteiger partial charge in [-0.25, -0.2) is 9.98 Å². The minimum atomic E-state index is -0.434. The molecule has 1 amide bonds. The number of guanidine groups is 1. The summed E-state index contributed by atoms with van der Waals surface area (Å²) in [6.45, 7) is 7.49. The first-order chi connectivity index (χ1) is 11.5. The number of aryl methyl sites for hydroxylation is 2. The van der Waals surface area contributed by atoms with Crippen molar-refractivity contribution in [3.05, 3.63) is 52.7 Å². The van der Waals surface area contributed by atoms with Gasteiger partial charge in [0.1, 0.15) is 5.76 Å². The molecule has 24 heavy (non-hydrogen) atoms. The van der Waals surface area contributed by atoms with Gasteiger partial charge >= 0.3 is 0 Å². The molecular weight excluding hydrogens is 306 g/mol. The fourth-order valence-electron chi connectivity index (χ4n) is 2.06. The van der Waals surface area contributed by atoms with Crippen LogP contribution < -0.4 is 16.4 Å². The second kappa shape index (κ2) is 8.14. The Hall–Kier alpha value is -2.83. The Morgan fingerprint density at radius 2 is 1.96 bits per heavy atom. The molecule has 0 radical (unpaired) electrons. The van der Waals surface area contributed by atoms with Crippen molar-refractivity contribution >= 4 is 11.9 Å². The van der Waals surface area contributed by atoms with Crippen molar-refractivity contribution in [3.8, 4) is 0 Å². The first-order valence-corrected chi connectivity index (χ1v) is 7.83. The van der Waals surface area contributed by atoms with E-state index in [0.717, 1.165) is 23.6 Å². The zero-order chi connectivity index (χ0) is 17.5. The van der Waals surface area contributed by atoms with Gasteiger partial charge in [-0.05, 0) is 38.5 Å². The van der Waals surface area contributed by atoms with E-state index in [9.17, 15) is 4.79 Å². The van der Waals surface area contributed by atoms with Crippen LogP contribution in [0.5, 0.6) is 0 Å². The van der Waals surface area contributed by atoms with Crippen molar-refractivity contribution in [2.24, 2.45) is 10.7 Å². The summed E-state index contributed by atoms with van der Waals surface area (Å²) in [4.78, 5) is 19.9. The molecule has 1 aromatic heterocycles. The topological polar surface area (TPSA) is 106 Å². The summed E-state index contributed by atoms with van der Waals surface area (Å²) in [5.74, 6) is 1.69. The lowest BCUT2D eigenvalue weighted by molar-refractivity contribution is 0.100. The van der Waals surface area contributed by atoms with Gasteiger partial charge in [-0.15, -0.1) is 0 Å². The van der Waals surface area contributed by atoms with Gasteiger partial charge in [0.2, 0.25) is 11.8 Å². The van der Waals surface area contributed by atoms with E-state index in [1.807, 2.05) is 32.9 Å². The Morgan fingerprint density at radius 3 is 2.50 bits per heavy atom. The van der Waals surface area contributed by atoms with Crippen LogP contribution in [-0.4, -0.2) is 23.4 Å². The summed E-state index contributed by atoms with van der Waals surface area (Å²) < 4.78 is 5.54. The van der Waals surface area contributed by atoms with Crippen LogP contribution >= 0.6 is 0 Å². The van der Waals surface area contributed by atoms with Gasteiger partial charge in [0, 0.05) is 12.1 Å². The Bertz CT molecular complexity index is 700. The number of hydrogen-bond donors (Lipinski definition) is 3. The minimum absolute atomic E-state index is 0.434. The molecule has 0 aliphatic heterocycles. The molecule has 0 saturated heterocycles. The Labute approximate surface area is 141 Å². The lowest BCUT2D eigenvalue weighted by Gasteiger charge is -2.09. The van der Waals surface area contributed by atoms with E-state index in [4.69, 9.17) is 10.2 Å². The molecule has 1 aromatic carbocycles. The van der Waals surface area contributed by atoms with Crippen LogP contribution in [0, 0.1) is 13.8 Å². The maximum atomic E-state index is 11.1. The summed E-state index contributed by atoms with van der Waals surface area (Å²) >= 11 is 0. The van der Waals surface area contributed by atoms with Crippen LogP contribution in [0.3, 0.4) is 0 Å². The van der Waals surface area contributed by atoms with E-state index < -0.39 is 5.91 Å². The van der Waals surface area contributed by atoms with Crippen LogP contribution in [0.2, 0.25) is 0 Å². The maximum absolute atomic E-state index is 11.1. The summed E-state index contributed by atoms with van der Waals surface area (Å²) in [7, 11) is 0. The third-order valence-electron chi connectivity index (χ3n) is 3.48. The second-order valence-electron chi connectivity index (χ2n) is 5.36. The van der Waals surface area contributed by atoms with E-state index in [-0.39, 0.29) is 0 Å². The third kappa shape index (κ3) is 4.84. The SMILES string of the molecule is CCNC(=NCc1ccc(C(N)=O)cc1)NCc1nc(C)c(C)o1. The van der Waals surface area contributed by atoms with Crippen LogP contribution in [0.1, 0.15) is 40.2 Å². The zero-order valence-electron chi connectivity index (χ0n) is 14.2. The molecule has 7 heteroatoms. The van der Waals surface area contributed by atoms with Crippen molar-refractivity contribution < 1.29 is 9.21 Å². The van der Waals surface area contributed by atoms with Crippen LogP contribution in [0.4, 0.5) is 0 Å². The van der Waals surface area contributed by atoms with E-state index >= 15 is 0 Å². The number of amides is 1. The van der Waals surface area contributed by atoms with Gasteiger partial charge in [-0.3, -0.25) is 4.79 Å². The van der Waals surface area contributed by atoms with Crippen molar-refractivity contribution in [3.63, 3.8) is 0 Å². The summed E-state index contributed by atoms with van der Waals surface area (Å²) in [5.41, 5.74) is 7.60. The zero-order valence-corrected chi connectivity index (χ0v) is 14.2. The highest BCUT2D eigenvalue weighted by Crippen LogP contribution is 2.08. The number of aromatic nitrogens is 1. The molecule has 0 saturated carbocycles. The molecule has 4 N–H and O–H groups in total. The van der Waals surface area contributed by atoms with Crippen molar-refractivity contribution in [1.82, 2.24) is 15.6 Å². The molecule has 0 spiro atoms. The molecular formula is C17H23N5O2. The van der Waals surface area contributed by atoms with Crippen LogP contribution in [-0.2, 0) is 13.1 Å². The van der Waals surface area contributed by atoms with Gasteiger partial charge in [-0.2, -0.15) is 0 Å². The molecule has 0 bridgehead atoms. The first-order valence-electron chi connectivity index (χ1n) is 7.83. The Kier molecular flexibility index (Phi) is 5.95. The van der Waals surface area contributed by atoms with Crippen LogP contribution in [0.15, 0.2) is 33.7 Å². The number of hydrogen-bond acceptors (Lipinski definition) is 4. The molecule has 128 valence electrons. The van der Waals surface area contributed by atoms with Gasteiger partial charge in [0.15, 0.2) is 5.96 Å². The molecule has 0 aliphatic carbocycles. The van der Waals surface area contributed by atoms with E-state index in [1.54, 1.807) is 12.1 Å². The molecule has 0 aliphatic rings. The molecule has 2 rings (SSSR count). The van der Waals surface area contributed by atoms with E-state index in [1.165, 1.54) is 0 Å². The molecule has 0 unspecified atom stereocenters. The van der Waals surface area contributed by atoms with Gasteiger partial charge in [0.25, 0.3) is 0 Å². The average molecular weight is 329 g/mol. The molecule has 0 atom stereocenters. The number of aliphatic imine (C=N–C) groups is 1. The summed E-state index contributed by atoms with van der Waals surface area (Å²) in [5, 5.41) is 6.36. The molecule has 7 nitrogen and oxygen atoms in total. The van der Waals surface area contributed by atoms with E-state index in [0.29, 0.717) is 30.5 Å². The van der Waals surface area contributed by atoms with Crippen LogP contribution in [0.25, 0.3) is 0 Å². The van der Waals surface area contributed by atoms with Crippen molar-refractivity contribution in [2.75, 3.05) is 6.54 Å². The normalized spacial score (nSPS) is 11.4. The number of oxazole rings is 1. The van der Waals surface area contributed by atoms with E-state index in [2.05, 4.69) is 20.6 Å². The quantitative estimate of drug-likeness (QED) is 0.552. The number of primary amides is 1. The van der Waals surface area contributed by atoms with Gasteiger partial charge < -0.3 is 20.8 Å². The largest absolute Gasteiger partial charge is 0.444 e. The smallest absolute Gasteiger partial charge is 0.248 e. The van der Waals surface area contributed by atoms with Crippen molar-refractivity contribution in [2.45, 2.75) is 33.9 Å². The molecule has 0 fully saturated rings. The lowest BCUT2D eigenvalue weighted by Crippen LogP contribution is -2.36. The first kappa shape index (κ1) is 17.5. The van der Waals surface area contributed by atoms with Crippen molar-refractivity contribution in [1.29, 1.82) is 0 Å². The summed E-state index contributed by atoms with van der Waals surface area (Å²) in [6.07, 6.45) is 0. The van der Waals surface area contributed by atoms with Gasteiger partial charge in [0.05, 0.1) is 18.8 Å². The number of carbonyl (C=O) groups is 1. The maximum Gasteiger partial charge on any atom is 0.248 e. The number of nitrogens with two attached hydrogens (primary N) is 1. The minimum Gasteiger partial charge on any atom is -0.444 e. The summed E-state index contributed by atoms with van der Waals surface area (Å²) in [6, 6.07) is 7.08. The predicted octanol–water partition coefficient (Wildman–Crippen LogP) is 1.65. The molecule has 2 aromatic rings. The highest BCUT2D eigenvalue weighted by atomic mass is 16.4.